The number of nitrogens with one attached hydrogen (secondary N) is 1. The Morgan fingerprint density at radius 1 is 1.32 bits per heavy atom. The molecule has 19 heavy (non-hydrogen) atoms. The van der Waals surface area contributed by atoms with Crippen LogP contribution in [0, 0.1) is 0 Å². The topological polar surface area (TPSA) is 51.2 Å². The number of hydrogen-bond donors (Lipinski definition) is 1. The number of hydrogen-bond acceptors (Lipinski definition) is 3. The van der Waals surface area contributed by atoms with Gasteiger partial charge in [-0.3, -0.25) is 4.79 Å². The molecule has 0 unspecified atom stereocenters. The predicted octanol–water partition coefficient (Wildman–Crippen LogP) is 2.92. The van der Waals surface area contributed by atoms with Gasteiger partial charge >= 0.3 is 0 Å². The Balaban J connectivity index is 2.08. The van der Waals surface area contributed by atoms with Crippen LogP contribution in [-0.4, -0.2) is 18.0 Å². The second-order valence-electron chi connectivity index (χ2n) is 3.88. The molecule has 0 saturated heterocycles. The molecule has 0 aliphatic rings. The van der Waals surface area contributed by atoms with E-state index in [9.17, 15) is 4.79 Å². The molecule has 1 aromatic carbocycles. The highest BCUT2D eigenvalue weighted by molar-refractivity contribution is 6.32. The van der Waals surface area contributed by atoms with E-state index in [2.05, 4.69) is 10.3 Å². The van der Waals surface area contributed by atoms with Gasteiger partial charge in [0.25, 0.3) is 0 Å². The molecular weight excluding hydrogens is 264 g/mol. The van der Waals surface area contributed by atoms with Gasteiger partial charge in [0.15, 0.2) is 5.15 Å². The second kappa shape index (κ2) is 6.20. The van der Waals surface area contributed by atoms with E-state index in [1.165, 1.54) is 0 Å². The smallest absolute Gasteiger partial charge is 0.229 e. The lowest BCUT2D eigenvalue weighted by Crippen LogP contribution is -2.15. The lowest BCUT2D eigenvalue weighted by atomic mass is 10.1. The molecule has 0 spiro atoms. The van der Waals surface area contributed by atoms with E-state index in [0.29, 0.717) is 11.4 Å². The van der Waals surface area contributed by atoms with Gasteiger partial charge < -0.3 is 10.1 Å². The average Bonchev–Trinajstić information content (AvgIpc) is 2.42. The van der Waals surface area contributed by atoms with E-state index in [1.807, 2.05) is 24.3 Å². The first-order chi connectivity index (χ1) is 9.20. The number of carbonyl (C=O) groups is 1. The molecule has 0 radical (unpaired) electrons. The summed E-state index contributed by atoms with van der Waals surface area (Å²) in [6.45, 7) is 0. The van der Waals surface area contributed by atoms with Crippen molar-refractivity contribution >= 4 is 23.2 Å². The van der Waals surface area contributed by atoms with Gasteiger partial charge in [-0.05, 0) is 18.2 Å². The SMILES string of the molecule is COc1ccccc1CC(=O)Nc1cccnc1Cl. The van der Waals surface area contributed by atoms with Crippen LogP contribution in [0.5, 0.6) is 5.75 Å². The number of methoxy groups -OCH3 is 1. The minimum Gasteiger partial charge on any atom is -0.496 e. The highest BCUT2D eigenvalue weighted by atomic mass is 35.5. The summed E-state index contributed by atoms with van der Waals surface area (Å²) in [6.07, 6.45) is 1.79. The van der Waals surface area contributed by atoms with Crippen LogP contribution >= 0.6 is 11.6 Å². The third kappa shape index (κ3) is 3.45. The molecule has 4 nitrogen and oxygen atoms in total. The number of pyridine rings is 1. The Labute approximate surface area is 116 Å². The lowest BCUT2D eigenvalue weighted by Gasteiger charge is -2.09. The summed E-state index contributed by atoms with van der Waals surface area (Å²) >= 11 is 5.88. The molecule has 0 atom stereocenters. The van der Waals surface area contributed by atoms with Crippen LogP contribution in [0.1, 0.15) is 5.56 Å². The summed E-state index contributed by atoms with van der Waals surface area (Å²) in [7, 11) is 1.58. The van der Waals surface area contributed by atoms with Crippen molar-refractivity contribution in [1.82, 2.24) is 4.98 Å². The number of ether oxygens (including phenoxy) is 1. The van der Waals surface area contributed by atoms with E-state index < -0.39 is 0 Å². The van der Waals surface area contributed by atoms with Gasteiger partial charge in [0.2, 0.25) is 5.91 Å². The Morgan fingerprint density at radius 3 is 2.84 bits per heavy atom. The molecule has 2 rings (SSSR count). The molecule has 5 heteroatoms. The highest BCUT2D eigenvalue weighted by Gasteiger charge is 2.10. The van der Waals surface area contributed by atoms with Gasteiger partial charge in [-0.15, -0.1) is 0 Å². The number of para-hydroxylation sites is 1. The van der Waals surface area contributed by atoms with Crippen LogP contribution < -0.4 is 10.1 Å². The van der Waals surface area contributed by atoms with Crippen molar-refractivity contribution in [3.05, 3.63) is 53.3 Å². The Bertz CT molecular complexity index is 587. The van der Waals surface area contributed by atoms with Crippen molar-refractivity contribution in [1.29, 1.82) is 0 Å². The third-order valence-electron chi connectivity index (χ3n) is 2.58. The normalized spacial score (nSPS) is 10.0. The molecule has 1 heterocycles. The molecule has 0 bridgehead atoms. The van der Waals surface area contributed by atoms with Crippen LogP contribution in [0.15, 0.2) is 42.6 Å². The standard InChI is InChI=1S/C14H13ClN2O2/c1-19-12-7-3-2-5-10(12)9-13(18)17-11-6-4-8-16-14(11)15/h2-8H,9H2,1H3,(H,17,18). The van der Waals surface area contributed by atoms with Gasteiger partial charge in [-0.1, -0.05) is 29.8 Å². The second-order valence-corrected chi connectivity index (χ2v) is 4.24. The summed E-state index contributed by atoms with van der Waals surface area (Å²) in [5.74, 6) is 0.523. The Morgan fingerprint density at radius 2 is 2.11 bits per heavy atom. The van der Waals surface area contributed by atoms with E-state index in [0.717, 1.165) is 5.56 Å². The third-order valence-corrected chi connectivity index (χ3v) is 2.88. The number of carbonyl (C=O) groups excluding carboxylic acids is 1. The molecule has 1 N–H and O–H groups in total. The number of benzene rings is 1. The summed E-state index contributed by atoms with van der Waals surface area (Å²) in [5.41, 5.74) is 1.33. The minimum atomic E-state index is -0.167. The number of nitrogens with zero attached hydrogens (tertiary/aromatic N) is 1. The fourth-order valence-corrected chi connectivity index (χ4v) is 1.86. The molecule has 0 aliphatic carbocycles. The quantitative estimate of drug-likeness (QED) is 0.874. The molecule has 0 saturated carbocycles. The molecule has 98 valence electrons. The van der Waals surface area contributed by atoms with Crippen LogP contribution in [0.2, 0.25) is 5.15 Å². The summed E-state index contributed by atoms with van der Waals surface area (Å²) in [5, 5.41) is 3.00. The number of aromatic nitrogens is 1. The summed E-state index contributed by atoms with van der Waals surface area (Å²) in [6, 6.07) is 10.8. The van der Waals surface area contributed by atoms with Crippen LogP contribution in [0.3, 0.4) is 0 Å². The van der Waals surface area contributed by atoms with Crippen LogP contribution in [0.25, 0.3) is 0 Å². The zero-order valence-electron chi connectivity index (χ0n) is 10.4. The fourth-order valence-electron chi connectivity index (χ4n) is 1.70. The maximum absolute atomic E-state index is 11.9. The van der Waals surface area contributed by atoms with Crippen molar-refractivity contribution in [2.45, 2.75) is 6.42 Å². The summed E-state index contributed by atoms with van der Waals surface area (Å²) in [4.78, 5) is 15.8. The van der Waals surface area contributed by atoms with Crippen LogP contribution in [-0.2, 0) is 11.2 Å². The van der Waals surface area contributed by atoms with Crippen LogP contribution in [0.4, 0.5) is 5.69 Å². The predicted molar refractivity (Wildman–Crippen MR) is 74.6 cm³/mol. The van der Waals surface area contributed by atoms with E-state index >= 15 is 0 Å². The summed E-state index contributed by atoms with van der Waals surface area (Å²) < 4.78 is 5.20. The van der Waals surface area contributed by atoms with E-state index in [4.69, 9.17) is 16.3 Å². The lowest BCUT2D eigenvalue weighted by molar-refractivity contribution is -0.115. The fraction of sp³-hybridized carbons (Fsp3) is 0.143. The number of halogens is 1. The van der Waals surface area contributed by atoms with Crippen molar-refractivity contribution in [3.8, 4) is 5.75 Å². The minimum absolute atomic E-state index is 0.167. The first-order valence-electron chi connectivity index (χ1n) is 5.73. The number of amides is 1. The molecule has 1 aromatic heterocycles. The monoisotopic (exact) mass is 276 g/mol. The number of rotatable bonds is 4. The van der Waals surface area contributed by atoms with E-state index in [1.54, 1.807) is 25.4 Å². The van der Waals surface area contributed by atoms with Gasteiger partial charge in [0.1, 0.15) is 5.75 Å². The first-order valence-corrected chi connectivity index (χ1v) is 6.11. The molecule has 1 amide bonds. The Kier molecular flexibility index (Phi) is 4.36. The number of anilines is 1. The molecule has 2 aromatic rings. The van der Waals surface area contributed by atoms with Crippen molar-refractivity contribution in [2.24, 2.45) is 0 Å². The van der Waals surface area contributed by atoms with Gasteiger partial charge in [-0.2, -0.15) is 0 Å². The van der Waals surface area contributed by atoms with Crippen molar-refractivity contribution in [3.63, 3.8) is 0 Å². The van der Waals surface area contributed by atoms with E-state index in [-0.39, 0.29) is 17.5 Å². The molecular formula is C14H13ClN2O2. The van der Waals surface area contributed by atoms with Gasteiger partial charge in [-0.25, -0.2) is 4.98 Å². The van der Waals surface area contributed by atoms with Gasteiger partial charge in [0.05, 0.1) is 19.2 Å². The maximum atomic E-state index is 11.9. The van der Waals surface area contributed by atoms with Gasteiger partial charge in [0, 0.05) is 11.8 Å². The zero-order valence-corrected chi connectivity index (χ0v) is 11.1. The molecule has 0 fully saturated rings. The Hall–Kier alpha value is -2.07. The average molecular weight is 277 g/mol. The zero-order chi connectivity index (χ0) is 13.7. The first kappa shape index (κ1) is 13.4. The molecule has 0 aliphatic heterocycles. The van der Waals surface area contributed by atoms with Crippen molar-refractivity contribution in [2.75, 3.05) is 12.4 Å². The van der Waals surface area contributed by atoms with Crippen molar-refractivity contribution < 1.29 is 9.53 Å². The highest BCUT2D eigenvalue weighted by Crippen LogP contribution is 2.20. The largest absolute Gasteiger partial charge is 0.496 e. The maximum Gasteiger partial charge on any atom is 0.229 e.